The van der Waals surface area contributed by atoms with E-state index in [-0.39, 0.29) is 0 Å². The van der Waals surface area contributed by atoms with E-state index in [4.69, 9.17) is 16.3 Å². The van der Waals surface area contributed by atoms with Crippen LogP contribution in [0.25, 0.3) is 0 Å². The second-order valence-corrected chi connectivity index (χ2v) is 5.62. The molecule has 0 aliphatic carbocycles. The zero-order valence-electron chi connectivity index (χ0n) is 12.7. The Labute approximate surface area is 131 Å². The van der Waals surface area contributed by atoms with E-state index >= 15 is 0 Å². The van der Waals surface area contributed by atoms with E-state index < -0.39 is 0 Å². The lowest BCUT2D eigenvalue weighted by atomic mass is 10.2. The first-order valence-corrected chi connectivity index (χ1v) is 7.62. The summed E-state index contributed by atoms with van der Waals surface area (Å²) in [6.07, 6.45) is 0.981. The fourth-order valence-electron chi connectivity index (χ4n) is 1.90. The number of halogens is 1. The molecule has 0 spiro atoms. The second-order valence-electron chi connectivity index (χ2n) is 5.22. The van der Waals surface area contributed by atoms with Crippen molar-refractivity contribution in [3.8, 4) is 11.6 Å². The highest BCUT2D eigenvalue weighted by atomic mass is 35.5. The maximum absolute atomic E-state index is 6.17. The zero-order chi connectivity index (χ0) is 15.2. The van der Waals surface area contributed by atoms with E-state index in [1.807, 2.05) is 24.3 Å². The van der Waals surface area contributed by atoms with Crippen molar-refractivity contribution < 1.29 is 4.74 Å². The first-order chi connectivity index (χ1) is 10.1. The van der Waals surface area contributed by atoms with E-state index in [2.05, 4.69) is 37.1 Å². The Kier molecular flexibility index (Phi) is 5.59. The smallest absolute Gasteiger partial charge is 0.219 e. The Morgan fingerprint density at radius 3 is 2.76 bits per heavy atom. The number of rotatable bonds is 6. The molecule has 0 saturated carbocycles. The first-order valence-electron chi connectivity index (χ1n) is 7.24. The van der Waals surface area contributed by atoms with Crippen LogP contribution < -0.4 is 10.1 Å². The summed E-state index contributed by atoms with van der Waals surface area (Å²) in [5, 5.41) is 3.96. The average Bonchev–Trinajstić information content (AvgIpc) is 2.48. The van der Waals surface area contributed by atoms with Crippen LogP contribution in [-0.4, -0.2) is 11.0 Å². The molecule has 1 aromatic heterocycles. The minimum atomic E-state index is 0.383. The molecule has 0 unspecified atom stereocenters. The van der Waals surface area contributed by atoms with Gasteiger partial charge in [-0.05, 0) is 30.2 Å². The number of benzene rings is 1. The summed E-state index contributed by atoms with van der Waals surface area (Å²) in [5.41, 5.74) is 2.04. The van der Waals surface area contributed by atoms with Crippen molar-refractivity contribution in [2.75, 3.05) is 0 Å². The van der Waals surface area contributed by atoms with Gasteiger partial charge in [0.05, 0.1) is 10.7 Å². The van der Waals surface area contributed by atoms with Crippen molar-refractivity contribution >= 4 is 11.6 Å². The standard InChI is InChI=1S/C17H21ClN2O/c1-4-13-6-5-7-14(10-13)21-17-9-8-15(18)16(20-17)11-19-12(2)3/h5-10,12,19H,4,11H2,1-3H3. The van der Waals surface area contributed by atoms with Gasteiger partial charge in [-0.25, -0.2) is 4.98 Å². The van der Waals surface area contributed by atoms with Crippen molar-refractivity contribution in [3.05, 3.63) is 52.7 Å². The molecule has 4 heteroatoms. The molecule has 1 aromatic carbocycles. The Morgan fingerprint density at radius 2 is 2.05 bits per heavy atom. The van der Waals surface area contributed by atoms with Gasteiger partial charge in [-0.1, -0.05) is 44.5 Å². The number of aryl methyl sites for hydroxylation is 1. The number of hydrogen-bond donors (Lipinski definition) is 1. The highest BCUT2D eigenvalue weighted by Crippen LogP contribution is 2.24. The van der Waals surface area contributed by atoms with Crippen LogP contribution in [0.1, 0.15) is 32.0 Å². The van der Waals surface area contributed by atoms with E-state index in [0.717, 1.165) is 17.9 Å². The third kappa shape index (κ3) is 4.73. The lowest BCUT2D eigenvalue weighted by molar-refractivity contribution is 0.458. The number of pyridine rings is 1. The lowest BCUT2D eigenvalue weighted by Gasteiger charge is -2.11. The van der Waals surface area contributed by atoms with Crippen molar-refractivity contribution in [3.63, 3.8) is 0 Å². The van der Waals surface area contributed by atoms with Gasteiger partial charge in [0.2, 0.25) is 5.88 Å². The van der Waals surface area contributed by atoms with Crippen LogP contribution in [-0.2, 0) is 13.0 Å². The van der Waals surface area contributed by atoms with Gasteiger partial charge in [0.25, 0.3) is 0 Å². The molecule has 0 atom stereocenters. The van der Waals surface area contributed by atoms with Gasteiger partial charge in [0.15, 0.2) is 0 Å². The van der Waals surface area contributed by atoms with E-state index in [1.54, 1.807) is 6.07 Å². The third-order valence-corrected chi connectivity index (χ3v) is 3.44. The number of aromatic nitrogens is 1. The van der Waals surface area contributed by atoms with Gasteiger partial charge in [-0.15, -0.1) is 0 Å². The molecule has 0 amide bonds. The minimum absolute atomic E-state index is 0.383. The summed E-state index contributed by atoms with van der Waals surface area (Å²) in [6.45, 7) is 6.92. The number of nitrogens with zero attached hydrogens (tertiary/aromatic N) is 1. The normalized spacial score (nSPS) is 10.9. The molecule has 21 heavy (non-hydrogen) atoms. The summed E-state index contributed by atoms with van der Waals surface area (Å²) in [7, 11) is 0. The maximum atomic E-state index is 6.17. The molecule has 1 heterocycles. The Balaban J connectivity index is 2.14. The number of nitrogens with one attached hydrogen (secondary N) is 1. The van der Waals surface area contributed by atoms with Crippen LogP contribution in [0, 0.1) is 0 Å². The molecular weight excluding hydrogens is 284 g/mol. The monoisotopic (exact) mass is 304 g/mol. The third-order valence-electron chi connectivity index (χ3n) is 3.10. The van der Waals surface area contributed by atoms with E-state index in [0.29, 0.717) is 23.5 Å². The molecule has 2 rings (SSSR count). The summed E-state index contributed by atoms with van der Waals surface area (Å²) in [5.74, 6) is 1.36. The maximum Gasteiger partial charge on any atom is 0.219 e. The van der Waals surface area contributed by atoms with Crippen molar-refractivity contribution in [2.45, 2.75) is 39.8 Å². The molecule has 0 fully saturated rings. The molecule has 0 saturated heterocycles. The fraction of sp³-hybridized carbons (Fsp3) is 0.353. The van der Waals surface area contributed by atoms with Gasteiger partial charge >= 0.3 is 0 Å². The molecule has 0 radical (unpaired) electrons. The molecular formula is C17H21ClN2O. The second kappa shape index (κ2) is 7.43. The quantitative estimate of drug-likeness (QED) is 0.847. The molecule has 0 bridgehead atoms. The van der Waals surface area contributed by atoms with Crippen molar-refractivity contribution in [1.29, 1.82) is 0 Å². The highest BCUT2D eigenvalue weighted by Gasteiger charge is 2.07. The molecule has 3 nitrogen and oxygen atoms in total. The highest BCUT2D eigenvalue weighted by molar-refractivity contribution is 6.31. The van der Waals surface area contributed by atoms with Crippen LogP contribution in [0.3, 0.4) is 0 Å². The summed E-state index contributed by atoms with van der Waals surface area (Å²) >= 11 is 6.17. The minimum Gasteiger partial charge on any atom is -0.439 e. The van der Waals surface area contributed by atoms with Gasteiger partial charge < -0.3 is 10.1 Å². The predicted octanol–water partition coefficient (Wildman–Crippen LogP) is 4.59. The summed E-state index contributed by atoms with van der Waals surface area (Å²) < 4.78 is 5.83. The summed E-state index contributed by atoms with van der Waals surface area (Å²) in [6, 6.07) is 12.0. The Hall–Kier alpha value is -1.58. The Morgan fingerprint density at radius 1 is 1.24 bits per heavy atom. The van der Waals surface area contributed by atoms with Gasteiger partial charge in [0.1, 0.15) is 5.75 Å². The van der Waals surface area contributed by atoms with Crippen molar-refractivity contribution in [1.82, 2.24) is 10.3 Å². The van der Waals surface area contributed by atoms with Crippen LogP contribution in [0.2, 0.25) is 5.02 Å². The number of ether oxygens (including phenoxy) is 1. The SMILES string of the molecule is CCc1cccc(Oc2ccc(Cl)c(CNC(C)C)n2)c1. The first kappa shape index (κ1) is 15.8. The van der Waals surface area contributed by atoms with Gasteiger partial charge in [-0.3, -0.25) is 0 Å². The molecule has 1 N–H and O–H groups in total. The molecule has 112 valence electrons. The number of hydrogen-bond acceptors (Lipinski definition) is 3. The summed E-state index contributed by atoms with van der Waals surface area (Å²) in [4.78, 5) is 4.48. The molecule has 0 aliphatic heterocycles. The molecule has 0 aliphatic rings. The largest absolute Gasteiger partial charge is 0.439 e. The van der Waals surface area contributed by atoms with Crippen LogP contribution in [0.4, 0.5) is 0 Å². The Bertz CT molecular complexity index is 599. The van der Waals surface area contributed by atoms with Crippen LogP contribution in [0.15, 0.2) is 36.4 Å². The topological polar surface area (TPSA) is 34.1 Å². The fourth-order valence-corrected chi connectivity index (χ4v) is 2.07. The van der Waals surface area contributed by atoms with Gasteiger partial charge in [0, 0.05) is 18.7 Å². The van der Waals surface area contributed by atoms with E-state index in [9.17, 15) is 0 Å². The predicted molar refractivity (Wildman–Crippen MR) is 87.1 cm³/mol. The van der Waals surface area contributed by atoms with Crippen LogP contribution in [0.5, 0.6) is 11.6 Å². The zero-order valence-corrected chi connectivity index (χ0v) is 13.4. The van der Waals surface area contributed by atoms with Gasteiger partial charge in [-0.2, -0.15) is 0 Å². The van der Waals surface area contributed by atoms with Crippen LogP contribution >= 0.6 is 11.6 Å². The molecule has 2 aromatic rings. The lowest BCUT2D eigenvalue weighted by Crippen LogP contribution is -2.22. The average molecular weight is 305 g/mol. The van der Waals surface area contributed by atoms with Crippen molar-refractivity contribution in [2.24, 2.45) is 0 Å². The van der Waals surface area contributed by atoms with E-state index in [1.165, 1.54) is 5.56 Å².